The summed E-state index contributed by atoms with van der Waals surface area (Å²) in [7, 11) is 0. The molecule has 4 aliphatic rings. The summed E-state index contributed by atoms with van der Waals surface area (Å²) in [6.07, 6.45) is -4.64. The van der Waals surface area contributed by atoms with Crippen LogP contribution in [0.1, 0.15) is 145 Å². The molecule has 4 heterocycles. The average molecular weight is 1480 g/mol. The Bertz CT molecular complexity index is 4020. The van der Waals surface area contributed by atoms with Crippen LogP contribution in [0.15, 0.2) is 170 Å². The maximum atomic E-state index is 14.4. The van der Waals surface area contributed by atoms with Crippen LogP contribution in [0.2, 0.25) is 10.0 Å². The van der Waals surface area contributed by atoms with E-state index in [-0.39, 0.29) is 29.7 Å². The van der Waals surface area contributed by atoms with Gasteiger partial charge in [0.05, 0.1) is 33.4 Å². The van der Waals surface area contributed by atoms with Gasteiger partial charge < -0.3 is 69.0 Å². The number of hydrogen-bond acceptors (Lipinski definition) is 18. The number of esters is 4. The number of carboxylic acid groups (broad SMARTS) is 4. The smallest absolute Gasteiger partial charge is 0.349 e. The first-order valence-electron chi connectivity index (χ1n) is 32.9. The summed E-state index contributed by atoms with van der Waals surface area (Å²) < 4.78 is 72.4. The van der Waals surface area contributed by atoms with Gasteiger partial charge in [0.2, 0.25) is 24.4 Å². The molecule has 6 atom stereocenters. The van der Waals surface area contributed by atoms with Gasteiger partial charge in [0, 0.05) is 35.0 Å². The fourth-order valence-electron chi connectivity index (χ4n) is 11.6. The molecule has 26 heteroatoms. The van der Waals surface area contributed by atoms with Crippen molar-refractivity contribution in [2.45, 2.75) is 122 Å². The van der Waals surface area contributed by atoms with E-state index < -0.39 is 95.4 Å². The molecule has 8 aromatic rings. The van der Waals surface area contributed by atoms with Crippen molar-refractivity contribution in [3.8, 4) is 23.0 Å². The van der Waals surface area contributed by atoms with Crippen molar-refractivity contribution in [2.75, 3.05) is 26.2 Å². The van der Waals surface area contributed by atoms with Crippen molar-refractivity contribution in [3.05, 3.63) is 258 Å². The Morgan fingerprint density at radius 1 is 0.410 bits per heavy atom. The lowest BCUT2D eigenvalue weighted by molar-refractivity contribution is -0.166. The summed E-state index contributed by atoms with van der Waals surface area (Å²) in [5, 5.41) is 44.7. The van der Waals surface area contributed by atoms with Gasteiger partial charge in [-0.3, -0.25) is 0 Å². The lowest BCUT2D eigenvalue weighted by atomic mass is 9.89. The van der Waals surface area contributed by atoms with E-state index in [1.54, 1.807) is 114 Å². The largest absolute Gasteiger partial charge is 0.478 e. The number of fused-ring (bicyclic) bond motifs is 2. The van der Waals surface area contributed by atoms with Crippen molar-refractivity contribution >= 4 is 71.0 Å². The molecule has 1 unspecified atom stereocenters. The molecule has 22 nitrogen and oxygen atoms in total. The Hall–Kier alpha value is -10.9. The van der Waals surface area contributed by atoms with Gasteiger partial charge in [-0.2, -0.15) is 0 Å². The lowest BCUT2D eigenvalue weighted by Gasteiger charge is -2.26. The zero-order valence-corrected chi connectivity index (χ0v) is 58.6. The topological polar surface area (TPSA) is 315 Å². The van der Waals surface area contributed by atoms with Crippen molar-refractivity contribution in [1.29, 1.82) is 0 Å². The maximum Gasteiger partial charge on any atom is 0.349 e. The second-order valence-electron chi connectivity index (χ2n) is 25.1. The zero-order chi connectivity index (χ0) is 75.2. The van der Waals surface area contributed by atoms with Crippen LogP contribution in [-0.2, 0) is 49.7 Å². The number of benzene rings is 8. The van der Waals surface area contributed by atoms with Gasteiger partial charge in [0.1, 0.15) is 11.6 Å². The predicted molar refractivity (Wildman–Crippen MR) is 381 cm³/mol. The number of hydrogen-bond donors (Lipinski definition) is 6. The van der Waals surface area contributed by atoms with E-state index in [0.717, 1.165) is 96.7 Å². The van der Waals surface area contributed by atoms with Crippen LogP contribution in [0.5, 0.6) is 23.0 Å². The minimum Gasteiger partial charge on any atom is -0.478 e. The first kappa shape index (κ1) is 79.8. The zero-order valence-electron chi connectivity index (χ0n) is 57.1. The monoisotopic (exact) mass is 1480 g/mol. The fraction of sp³-hybridized carbons (Fsp3) is 0.291. The Morgan fingerprint density at radius 3 is 0.905 bits per heavy atom. The third-order valence-electron chi connectivity index (χ3n) is 17.2. The van der Waals surface area contributed by atoms with E-state index in [4.69, 9.17) is 61.1 Å². The third-order valence-corrected chi connectivity index (χ3v) is 17.7. The molecule has 0 amide bonds. The summed E-state index contributed by atoms with van der Waals surface area (Å²) >= 11 is 11.7. The molecule has 0 bridgehead atoms. The molecule has 4 aliphatic heterocycles. The summed E-state index contributed by atoms with van der Waals surface area (Å²) in [6.45, 7) is 14.6. The van der Waals surface area contributed by atoms with Crippen LogP contribution in [0.4, 0.5) is 8.78 Å². The number of aryl methyl sites for hydroxylation is 4. The number of ether oxygens (including phenoxy) is 8. The quantitative estimate of drug-likeness (QED) is 0.0343. The highest BCUT2D eigenvalue weighted by Crippen LogP contribution is 2.51. The number of carbonyl (C=O) groups excluding carboxylic acids is 4. The highest BCUT2D eigenvalue weighted by Gasteiger charge is 2.46. The number of halogens is 4. The summed E-state index contributed by atoms with van der Waals surface area (Å²) in [5.41, 5.74) is 6.57. The standard InChI is InChI=1S/2C20H18O8.2C19H19ClFNO2.CH4/c2*1-11-3-7-13(8-4-11)19(25)27-15(17(21)22)16(18(23)24)28-20(26)14-9-5-12(2)6-10-14;2*1-19(15-6-5-13(20)11-16(15)21)23-17-4-2-3-14(18(17)24-19)12-7-9-22-10-8-12;/h2*3-10,15-16H,1-2H3,(H,21,22)(H,23,24);2*2-6,11-12,22H,7-10H2,1H3;1H4/t2*15-,16-;19-;;/m110../s1. The van der Waals surface area contributed by atoms with E-state index in [2.05, 4.69) is 22.8 Å². The number of piperidine rings is 2. The third kappa shape index (κ3) is 20.3. The Morgan fingerprint density at radius 2 is 0.667 bits per heavy atom. The van der Waals surface area contributed by atoms with Crippen molar-refractivity contribution in [2.24, 2.45) is 0 Å². The van der Waals surface area contributed by atoms with Crippen LogP contribution in [0.25, 0.3) is 0 Å². The molecule has 0 aromatic heterocycles. The van der Waals surface area contributed by atoms with E-state index in [1.165, 1.54) is 60.7 Å². The Kier molecular flexibility index (Phi) is 27.0. The highest BCUT2D eigenvalue weighted by molar-refractivity contribution is 6.30. The molecule has 0 spiro atoms. The number of aliphatic carboxylic acids is 4. The number of carbonyl (C=O) groups is 8. The second kappa shape index (κ2) is 35.5. The number of rotatable bonds is 18. The number of nitrogens with one attached hydrogen (secondary N) is 2. The fourth-order valence-corrected chi connectivity index (χ4v) is 11.9. The van der Waals surface area contributed by atoms with E-state index in [9.17, 15) is 67.6 Å². The molecule has 2 fully saturated rings. The average Bonchev–Trinajstić information content (AvgIpc) is 1.62. The van der Waals surface area contributed by atoms with Crippen LogP contribution in [0, 0.1) is 39.3 Å². The Labute approximate surface area is 614 Å². The van der Waals surface area contributed by atoms with E-state index in [1.807, 2.05) is 24.3 Å². The van der Waals surface area contributed by atoms with Crippen molar-refractivity contribution < 1.29 is 105 Å². The molecule has 0 saturated carbocycles. The van der Waals surface area contributed by atoms with E-state index in [0.29, 0.717) is 44.5 Å². The van der Waals surface area contributed by atoms with E-state index >= 15 is 0 Å². The Balaban J connectivity index is 0.000000177. The van der Waals surface area contributed by atoms with Gasteiger partial charge in [-0.15, -0.1) is 0 Å². The molecule has 8 aromatic carbocycles. The first-order chi connectivity index (χ1) is 49.5. The minimum atomic E-state index is -2.22. The van der Waals surface area contributed by atoms with Gasteiger partial charge in [0.15, 0.2) is 23.0 Å². The molecule has 12 rings (SSSR count). The normalized spacial score (nSPS) is 17.4. The molecule has 2 saturated heterocycles. The van der Waals surface area contributed by atoms with Crippen molar-refractivity contribution in [1.82, 2.24) is 10.6 Å². The van der Waals surface area contributed by atoms with Gasteiger partial charge in [-0.25, -0.2) is 47.1 Å². The molecule has 552 valence electrons. The maximum absolute atomic E-state index is 14.4. The van der Waals surface area contributed by atoms with Crippen LogP contribution in [-0.4, -0.2) is 119 Å². The SMILES string of the molecule is C.CC1(c2ccc(Cl)cc2F)Oc2cccc(C3CCNCC3)c2O1.C[C@]1(c2ccc(Cl)cc2F)Oc2cccc(C3CCNCC3)c2O1.Cc1ccc(C(=O)O[C@@H](C(=O)O)[C@@H](OC(=O)c2ccc(C)cc2)C(=O)O)cc1.Cc1ccc(C(=O)O[C@@H](C(=O)O)[C@@H](OC(=O)c2ccc(C)cc2)C(=O)O)cc1. The first-order valence-corrected chi connectivity index (χ1v) is 33.6. The molecule has 0 radical (unpaired) electrons. The second-order valence-corrected chi connectivity index (χ2v) is 25.9. The predicted octanol–water partition coefficient (Wildman–Crippen LogP) is 14.3. The molecular weight excluding hydrogens is 1410 g/mol. The molecule has 6 N–H and O–H groups in total. The van der Waals surface area contributed by atoms with Gasteiger partial charge in [0.25, 0.3) is 11.6 Å². The number of carboxylic acids is 4. The molecule has 0 aliphatic carbocycles. The highest BCUT2D eigenvalue weighted by atomic mass is 35.5. The minimum absolute atomic E-state index is 0. The van der Waals surface area contributed by atoms with Crippen LogP contribution >= 0.6 is 23.2 Å². The summed E-state index contributed by atoms with van der Waals surface area (Å²) in [6, 6.07) is 45.1. The summed E-state index contributed by atoms with van der Waals surface area (Å²) in [5.74, 6) is -10.8. The van der Waals surface area contributed by atoms with Gasteiger partial charge in [-0.05, 0) is 188 Å². The van der Waals surface area contributed by atoms with Crippen molar-refractivity contribution in [3.63, 3.8) is 0 Å². The van der Waals surface area contributed by atoms with Gasteiger partial charge >= 0.3 is 47.8 Å². The van der Waals surface area contributed by atoms with Crippen LogP contribution in [0.3, 0.4) is 0 Å². The lowest BCUT2D eigenvalue weighted by Crippen LogP contribution is -2.45. The molecular formula is C79H78Cl2F2N2O20. The molecule has 105 heavy (non-hydrogen) atoms. The summed E-state index contributed by atoms with van der Waals surface area (Å²) in [4.78, 5) is 94.7. The van der Waals surface area contributed by atoms with Gasteiger partial charge in [-0.1, -0.05) is 126 Å². The number of para-hydroxylation sites is 2. The van der Waals surface area contributed by atoms with Crippen LogP contribution < -0.4 is 29.6 Å².